The Hall–Kier alpha value is -2.88. The van der Waals surface area contributed by atoms with Crippen LogP contribution in [0.15, 0.2) is 22.0 Å². The third kappa shape index (κ3) is 2.85. The molecule has 10 heteroatoms. The summed E-state index contributed by atoms with van der Waals surface area (Å²) in [4.78, 5) is 47.2. The van der Waals surface area contributed by atoms with Gasteiger partial charge in [0.05, 0.1) is 33.2 Å². The molecule has 0 saturated heterocycles. The molecule has 0 unspecified atom stereocenters. The maximum absolute atomic E-state index is 14.7. The Bertz CT molecular complexity index is 1090. The highest BCUT2D eigenvalue weighted by molar-refractivity contribution is 8.01. The third-order valence-electron chi connectivity index (χ3n) is 4.55. The summed E-state index contributed by atoms with van der Waals surface area (Å²) in [5.74, 6) is -4.00. The van der Waals surface area contributed by atoms with Crippen molar-refractivity contribution in [2.45, 2.75) is 35.4 Å². The molecule has 1 aromatic carbocycles. The van der Waals surface area contributed by atoms with Crippen LogP contribution in [0.5, 0.6) is 0 Å². The van der Waals surface area contributed by atoms with Gasteiger partial charge < -0.3 is 20.1 Å². The summed E-state index contributed by atoms with van der Waals surface area (Å²) in [5, 5.41) is 19.6. The number of rotatable bonds is 4. The number of hydrogen-bond acceptors (Lipinski definition) is 5. The zero-order valence-corrected chi connectivity index (χ0v) is 14.5. The smallest absolute Gasteiger partial charge is 0.341 e. The second kappa shape index (κ2) is 6.08. The summed E-state index contributed by atoms with van der Waals surface area (Å²) in [7, 11) is 0. The Morgan fingerprint density at radius 1 is 1.30 bits per heavy atom. The quantitative estimate of drug-likeness (QED) is 0.727. The van der Waals surface area contributed by atoms with Crippen LogP contribution in [0.2, 0.25) is 0 Å². The molecule has 1 saturated carbocycles. The minimum absolute atomic E-state index is 0.0422. The van der Waals surface area contributed by atoms with Crippen LogP contribution >= 0.6 is 11.8 Å². The number of benzene rings is 1. The van der Waals surface area contributed by atoms with E-state index in [2.05, 4.69) is 5.32 Å². The van der Waals surface area contributed by atoms with E-state index in [9.17, 15) is 28.7 Å². The van der Waals surface area contributed by atoms with Crippen LogP contribution in [-0.4, -0.2) is 37.9 Å². The SMILES string of the molecule is O=C(O)C[C@H]1Sc2c(F)cc3c(=O)c(C(=O)O)cn(C4CC4)c3c2NC1=O. The van der Waals surface area contributed by atoms with Gasteiger partial charge in [-0.05, 0) is 18.9 Å². The van der Waals surface area contributed by atoms with E-state index in [0.29, 0.717) is 0 Å². The van der Waals surface area contributed by atoms with Crippen molar-refractivity contribution in [1.82, 2.24) is 4.57 Å². The fourth-order valence-electron chi connectivity index (χ4n) is 3.19. The third-order valence-corrected chi connectivity index (χ3v) is 5.85. The first kappa shape index (κ1) is 17.5. The van der Waals surface area contributed by atoms with Crippen molar-refractivity contribution in [1.29, 1.82) is 0 Å². The van der Waals surface area contributed by atoms with Crippen molar-refractivity contribution in [3.05, 3.63) is 33.9 Å². The Labute approximate surface area is 155 Å². The molecule has 2 aromatic rings. The number of carbonyl (C=O) groups is 3. The van der Waals surface area contributed by atoms with Gasteiger partial charge >= 0.3 is 11.9 Å². The van der Waals surface area contributed by atoms with Crippen LogP contribution in [-0.2, 0) is 9.59 Å². The molecule has 1 amide bonds. The van der Waals surface area contributed by atoms with Crippen LogP contribution < -0.4 is 10.7 Å². The monoisotopic (exact) mass is 392 g/mol. The summed E-state index contributed by atoms with van der Waals surface area (Å²) in [5.41, 5.74) is -0.948. The fraction of sp³-hybridized carbons (Fsp3) is 0.294. The normalized spacial score (nSPS) is 18.9. The van der Waals surface area contributed by atoms with Crippen LogP contribution in [0.4, 0.5) is 10.1 Å². The fourth-order valence-corrected chi connectivity index (χ4v) is 4.30. The Morgan fingerprint density at radius 2 is 2.00 bits per heavy atom. The second-order valence-electron chi connectivity index (χ2n) is 6.47. The molecule has 8 nitrogen and oxygen atoms in total. The zero-order chi connectivity index (χ0) is 19.5. The van der Waals surface area contributed by atoms with Gasteiger partial charge in [-0.3, -0.25) is 14.4 Å². The van der Waals surface area contributed by atoms with E-state index in [-0.39, 0.29) is 27.5 Å². The highest BCUT2D eigenvalue weighted by Gasteiger charge is 2.35. The van der Waals surface area contributed by atoms with Gasteiger partial charge in [0.2, 0.25) is 11.3 Å². The number of amides is 1. The van der Waals surface area contributed by atoms with Crippen LogP contribution in [0.3, 0.4) is 0 Å². The minimum atomic E-state index is -1.41. The topological polar surface area (TPSA) is 126 Å². The van der Waals surface area contributed by atoms with Gasteiger partial charge in [0, 0.05) is 12.2 Å². The van der Waals surface area contributed by atoms with E-state index >= 15 is 0 Å². The average Bonchev–Trinajstić information content (AvgIpc) is 3.41. The molecule has 0 spiro atoms. The van der Waals surface area contributed by atoms with Gasteiger partial charge in [0.25, 0.3) is 0 Å². The van der Waals surface area contributed by atoms with E-state index in [0.717, 1.165) is 30.7 Å². The minimum Gasteiger partial charge on any atom is -0.481 e. The molecule has 1 aromatic heterocycles. The Kier molecular flexibility index (Phi) is 3.95. The van der Waals surface area contributed by atoms with Gasteiger partial charge in [-0.1, -0.05) is 0 Å². The number of anilines is 1. The van der Waals surface area contributed by atoms with Crippen LogP contribution in [0, 0.1) is 5.82 Å². The van der Waals surface area contributed by atoms with Gasteiger partial charge in [0.1, 0.15) is 11.4 Å². The predicted octanol–water partition coefficient (Wildman–Crippen LogP) is 2.06. The van der Waals surface area contributed by atoms with Crippen molar-refractivity contribution >= 4 is 46.2 Å². The standard InChI is InChI=1S/C17H13FN2O6S/c18-9-3-7-13(12-15(9)27-10(4-11(21)22)16(24)19-12)20(6-1-2-6)5-8(14(7)23)17(25)26/h3,5-6,10H,1-2,4H2,(H,19,24)(H,21,22)(H,25,26)/t10-/m1/s1. The summed E-state index contributed by atoms with van der Waals surface area (Å²) < 4.78 is 16.3. The largest absolute Gasteiger partial charge is 0.481 e. The lowest BCUT2D eigenvalue weighted by molar-refractivity contribution is -0.138. The lowest BCUT2D eigenvalue weighted by Gasteiger charge is -2.26. The van der Waals surface area contributed by atoms with E-state index < -0.39 is 46.3 Å². The van der Waals surface area contributed by atoms with Crippen LogP contribution in [0.1, 0.15) is 35.7 Å². The number of nitrogens with zero attached hydrogens (tertiary/aromatic N) is 1. The number of aromatic carboxylic acids is 1. The molecule has 1 aliphatic heterocycles. The average molecular weight is 392 g/mol. The summed E-state index contributed by atoms with van der Waals surface area (Å²) in [6, 6.07) is 0.920. The van der Waals surface area contributed by atoms with Crippen LogP contribution in [0.25, 0.3) is 10.9 Å². The van der Waals surface area contributed by atoms with Gasteiger partial charge in [0.15, 0.2) is 0 Å². The number of carbonyl (C=O) groups excluding carboxylic acids is 1. The molecule has 2 aliphatic rings. The number of hydrogen-bond donors (Lipinski definition) is 3. The number of carboxylic acids is 2. The molecule has 27 heavy (non-hydrogen) atoms. The summed E-state index contributed by atoms with van der Waals surface area (Å²) in [6.45, 7) is 0. The number of aromatic nitrogens is 1. The maximum atomic E-state index is 14.7. The lowest BCUT2D eigenvalue weighted by atomic mass is 10.1. The highest BCUT2D eigenvalue weighted by atomic mass is 32.2. The second-order valence-corrected chi connectivity index (χ2v) is 7.68. The Morgan fingerprint density at radius 3 is 2.59 bits per heavy atom. The molecule has 140 valence electrons. The molecular weight excluding hydrogens is 379 g/mol. The number of thioether (sulfide) groups is 1. The number of carboxylic acid groups (broad SMARTS) is 2. The van der Waals surface area contributed by atoms with Crippen molar-refractivity contribution in [3.8, 4) is 0 Å². The zero-order valence-electron chi connectivity index (χ0n) is 13.7. The first-order chi connectivity index (χ1) is 12.8. The van der Waals surface area contributed by atoms with Crippen molar-refractivity contribution in [3.63, 3.8) is 0 Å². The summed E-state index contributed by atoms with van der Waals surface area (Å²) >= 11 is 0.793. The molecule has 1 aliphatic carbocycles. The first-order valence-corrected chi connectivity index (χ1v) is 9.00. The van der Waals surface area contributed by atoms with Crippen molar-refractivity contribution < 1.29 is 29.0 Å². The molecule has 1 atom stereocenters. The number of fused-ring (bicyclic) bond motifs is 3. The molecule has 2 heterocycles. The first-order valence-electron chi connectivity index (χ1n) is 8.12. The van der Waals surface area contributed by atoms with E-state index in [1.54, 1.807) is 4.57 Å². The van der Waals surface area contributed by atoms with E-state index in [1.807, 2.05) is 0 Å². The number of aliphatic carboxylic acids is 1. The molecular formula is C17H13FN2O6S. The Balaban J connectivity index is 2.00. The lowest BCUT2D eigenvalue weighted by Crippen LogP contribution is -2.32. The number of nitrogens with one attached hydrogen (secondary N) is 1. The van der Waals surface area contributed by atoms with Crippen molar-refractivity contribution in [2.75, 3.05) is 5.32 Å². The predicted molar refractivity (Wildman–Crippen MR) is 93.9 cm³/mol. The van der Waals surface area contributed by atoms with Gasteiger partial charge in [-0.15, -0.1) is 11.8 Å². The molecule has 0 radical (unpaired) electrons. The molecule has 0 bridgehead atoms. The van der Waals surface area contributed by atoms with E-state index in [1.165, 1.54) is 6.20 Å². The van der Waals surface area contributed by atoms with Gasteiger partial charge in [-0.25, -0.2) is 9.18 Å². The number of halogens is 1. The maximum Gasteiger partial charge on any atom is 0.341 e. The molecule has 1 fully saturated rings. The van der Waals surface area contributed by atoms with Gasteiger partial charge in [-0.2, -0.15) is 0 Å². The molecule has 4 rings (SSSR count). The van der Waals surface area contributed by atoms with Crippen molar-refractivity contribution in [2.24, 2.45) is 0 Å². The van der Waals surface area contributed by atoms with E-state index in [4.69, 9.17) is 5.11 Å². The summed E-state index contributed by atoms with van der Waals surface area (Å²) in [6.07, 6.45) is 2.29. The highest BCUT2D eigenvalue weighted by Crippen LogP contribution is 2.45. The molecule has 3 N–H and O–H groups in total. The number of pyridine rings is 1.